The second kappa shape index (κ2) is 5.38. The highest BCUT2D eigenvalue weighted by molar-refractivity contribution is 6.74. The summed E-state index contributed by atoms with van der Waals surface area (Å²) in [7, 11) is -0.0967. The van der Waals surface area contributed by atoms with Gasteiger partial charge in [-0.05, 0) is 32.0 Å². The van der Waals surface area contributed by atoms with E-state index in [2.05, 4.69) is 38.8 Å². The Kier molecular flexibility index (Phi) is 4.65. The minimum Gasteiger partial charge on any atom is -0.446 e. The maximum Gasteiger partial charge on any atom is 0.226 e. The van der Waals surface area contributed by atoms with Crippen molar-refractivity contribution in [1.82, 2.24) is 4.98 Å². The third-order valence-corrected chi connectivity index (χ3v) is 8.44. The molecule has 19 heavy (non-hydrogen) atoms. The molecule has 0 aliphatic rings. The molecular weight excluding hydrogens is 258 g/mol. The number of oxazole rings is 1. The quantitative estimate of drug-likeness (QED) is 0.765. The Morgan fingerprint density at radius 3 is 2.26 bits per heavy atom. The molecule has 0 radical (unpaired) electrons. The van der Waals surface area contributed by atoms with Gasteiger partial charge < -0.3 is 13.6 Å². The summed E-state index contributed by atoms with van der Waals surface area (Å²) < 4.78 is 16.9. The van der Waals surface area contributed by atoms with E-state index in [-0.39, 0.29) is 5.04 Å². The Balaban J connectivity index is 2.71. The first-order chi connectivity index (χ1) is 8.49. The van der Waals surface area contributed by atoms with Gasteiger partial charge in [0.15, 0.2) is 8.32 Å². The van der Waals surface area contributed by atoms with Gasteiger partial charge in [-0.2, -0.15) is 0 Å². The Morgan fingerprint density at radius 2 is 1.79 bits per heavy atom. The van der Waals surface area contributed by atoms with E-state index in [4.69, 9.17) is 13.6 Å². The van der Waals surface area contributed by atoms with Crippen molar-refractivity contribution in [3.05, 3.63) is 17.8 Å². The summed E-state index contributed by atoms with van der Waals surface area (Å²) in [5.74, 6) is 0.587. The van der Waals surface area contributed by atoms with Crippen LogP contribution in [0.4, 0.5) is 0 Å². The van der Waals surface area contributed by atoms with Crippen molar-refractivity contribution >= 4 is 8.32 Å². The molecule has 0 saturated heterocycles. The summed E-state index contributed by atoms with van der Waals surface area (Å²) in [6.45, 7) is 15.5. The van der Waals surface area contributed by atoms with Gasteiger partial charge in [0, 0.05) is 7.11 Å². The molecule has 1 heterocycles. The molecule has 0 saturated carbocycles. The molecule has 4 nitrogen and oxygen atoms in total. The van der Waals surface area contributed by atoms with E-state index >= 15 is 0 Å². The molecule has 0 amide bonds. The van der Waals surface area contributed by atoms with E-state index in [1.165, 1.54) is 0 Å². The molecule has 0 fully saturated rings. The zero-order valence-corrected chi connectivity index (χ0v) is 14.5. The number of nitrogens with zero attached hydrogens (tertiary/aromatic N) is 1. The fourth-order valence-corrected chi connectivity index (χ4v) is 2.15. The highest BCUT2D eigenvalue weighted by Gasteiger charge is 2.37. The first-order valence-corrected chi connectivity index (χ1v) is 9.54. The highest BCUT2D eigenvalue weighted by Crippen LogP contribution is 2.37. The zero-order valence-electron chi connectivity index (χ0n) is 13.5. The predicted molar refractivity (Wildman–Crippen MR) is 78.5 cm³/mol. The van der Waals surface area contributed by atoms with Crippen LogP contribution in [0.3, 0.4) is 0 Å². The van der Waals surface area contributed by atoms with E-state index in [9.17, 15) is 0 Å². The fraction of sp³-hybridized carbons (Fsp3) is 0.786. The largest absolute Gasteiger partial charge is 0.446 e. The van der Waals surface area contributed by atoms with Crippen molar-refractivity contribution in [3.8, 4) is 0 Å². The molecule has 1 rings (SSSR count). The van der Waals surface area contributed by atoms with Crippen molar-refractivity contribution in [2.75, 3.05) is 7.11 Å². The molecule has 110 valence electrons. The third-order valence-electron chi connectivity index (χ3n) is 3.96. The molecule has 0 bridgehead atoms. The molecule has 1 aromatic heterocycles. The molecular formula is C14H27NO3Si. The Hall–Kier alpha value is -0.653. The average Bonchev–Trinajstić information content (AvgIpc) is 2.74. The van der Waals surface area contributed by atoms with Crippen molar-refractivity contribution in [1.29, 1.82) is 0 Å². The monoisotopic (exact) mass is 285 g/mol. The molecule has 1 aromatic rings. The lowest BCUT2D eigenvalue weighted by atomic mass is 10.1. The fourth-order valence-electron chi connectivity index (χ4n) is 1.21. The number of rotatable bonds is 5. The van der Waals surface area contributed by atoms with Crippen LogP contribution in [0.15, 0.2) is 10.7 Å². The summed E-state index contributed by atoms with van der Waals surface area (Å²) in [6.07, 6.45) is 1.66. The van der Waals surface area contributed by atoms with Gasteiger partial charge in [0.1, 0.15) is 17.6 Å². The maximum atomic E-state index is 6.12. The van der Waals surface area contributed by atoms with Crippen LogP contribution in [0.2, 0.25) is 18.1 Å². The molecule has 0 aromatic carbocycles. The van der Waals surface area contributed by atoms with E-state index in [0.29, 0.717) is 12.5 Å². The van der Waals surface area contributed by atoms with Crippen LogP contribution in [-0.4, -0.2) is 20.4 Å². The van der Waals surface area contributed by atoms with Crippen LogP contribution < -0.4 is 0 Å². The van der Waals surface area contributed by atoms with Crippen LogP contribution >= 0.6 is 0 Å². The van der Waals surface area contributed by atoms with E-state index in [0.717, 1.165) is 5.69 Å². The van der Waals surface area contributed by atoms with Crippen LogP contribution in [0.1, 0.15) is 46.2 Å². The third kappa shape index (κ3) is 3.90. The minimum atomic E-state index is -1.75. The number of aromatic nitrogens is 1. The average molecular weight is 285 g/mol. The van der Waals surface area contributed by atoms with Gasteiger partial charge >= 0.3 is 0 Å². The topological polar surface area (TPSA) is 44.5 Å². The van der Waals surface area contributed by atoms with Crippen molar-refractivity contribution in [2.24, 2.45) is 0 Å². The molecule has 0 aliphatic heterocycles. The van der Waals surface area contributed by atoms with Crippen LogP contribution in [0.5, 0.6) is 0 Å². The Labute approximate surface area is 117 Å². The first-order valence-electron chi connectivity index (χ1n) is 6.63. The number of hydrogen-bond donors (Lipinski definition) is 0. The Morgan fingerprint density at radius 1 is 1.21 bits per heavy atom. The lowest BCUT2D eigenvalue weighted by Crippen LogP contribution is -2.40. The molecule has 0 spiro atoms. The number of methoxy groups -OCH3 is 1. The summed E-state index contributed by atoms with van der Waals surface area (Å²) in [5.41, 5.74) is 0.319. The van der Waals surface area contributed by atoms with Crippen molar-refractivity contribution in [2.45, 2.75) is 65.0 Å². The molecule has 0 N–H and O–H groups in total. The normalized spacial score (nSPS) is 13.9. The van der Waals surface area contributed by atoms with Gasteiger partial charge in [-0.3, -0.25) is 0 Å². The SMILES string of the molecule is COC(C)(C)c1nc(CO[Si](C)(C)C(C)(C)C)co1. The van der Waals surface area contributed by atoms with Gasteiger partial charge in [0.2, 0.25) is 5.89 Å². The van der Waals surface area contributed by atoms with Crippen molar-refractivity contribution in [3.63, 3.8) is 0 Å². The summed E-state index contributed by atoms with van der Waals surface area (Å²) >= 11 is 0. The van der Waals surface area contributed by atoms with Crippen LogP contribution in [0, 0.1) is 0 Å². The van der Waals surface area contributed by atoms with E-state index in [1.54, 1.807) is 13.4 Å². The molecule has 0 atom stereocenters. The van der Waals surface area contributed by atoms with Crippen LogP contribution in [0.25, 0.3) is 0 Å². The van der Waals surface area contributed by atoms with Crippen molar-refractivity contribution < 1.29 is 13.6 Å². The number of ether oxygens (including phenoxy) is 1. The van der Waals surface area contributed by atoms with E-state index in [1.807, 2.05) is 13.8 Å². The van der Waals surface area contributed by atoms with Gasteiger partial charge in [0.05, 0.1) is 6.61 Å². The Bertz CT molecular complexity index is 419. The maximum absolute atomic E-state index is 6.12. The summed E-state index contributed by atoms with van der Waals surface area (Å²) in [6, 6.07) is 0. The highest BCUT2D eigenvalue weighted by atomic mass is 28.4. The van der Waals surface area contributed by atoms with E-state index < -0.39 is 13.9 Å². The van der Waals surface area contributed by atoms with Gasteiger partial charge in [-0.1, -0.05) is 20.8 Å². The molecule has 0 unspecified atom stereocenters. The number of hydrogen-bond acceptors (Lipinski definition) is 4. The predicted octanol–water partition coefficient (Wildman–Crippen LogP) is 4.08. The van der Waals surface area contributed by atoms with Gasteiger partial charge in [0.25, 0.3) is 0 Å². The summed E-state index contributed by atoms with van der Waals surface area (Å²) in [5, 5.41) is 0.200. The lowest BCUT2D eigenvalue weighted by Gasteiger charge is -2.35. The summed E-state index contributed by atoms with van der Waals surface area (Å²) in [4.78, 5) is 4.44. The zero-order chi connectivity index (χ0) is 14.9. The smallest absolute Gasteiger partial charge is 0.226 e. The molecule has 5 heteroatoms. The second-order valence-corrected chi connectivity index (χ2v) is 11.7. The van der Waals surface area contributed by atoms with Gasteiger partial charge in [-0.15, -0.1) is 0 Å². The first kappa shape index (κ1) is 16.4. The molecule has 0 aliphatic carbocycles. The van der Waals surface area contributed by atoms with Gasteiger partial charge in [-0.25, -0.2) is 4.98 Å². The van der Waals surface area contributed by atoms with Crippen LogP contribution in [-0.2, 0) is 21.4 Å². The standard InChI is InChI=1S/C14H27NO3Si/c1-13(2,3)19(7,8)18-10-11-9-17-12(15-11)14(4,5)16-6/h9H,10H2,1-8H3. The lowest BCUT2D eigenvalue weighted by molar-refractivity contribution is -0.00371. The minimum absolute atomic E-state index is 0.200. The second-order valence-electron chi connectivity index (χ2n) is 6.91.